The molecule has 0 spiro atoms. The van der Waals surface area contributed by atoms with Crippen molar-refractivity contribution in [1.82, 2.24) is 4.90 Å². The van der Waals surface area contributed by atoms with Crippen molar-refractivity contribution < 1.29 is 4.39 Å². The molecule has 1 nitrogen and oxygen atoms in total. The lowest BCUT2D eigenvalue weighted by Gasteiger charge is -2.33. The van der Waals surface area contributed by atoms with Crippen LogP contribution >= 0.6 is 11.3 Å². The Hall–Kier alpha value is -1.61. The summed E-state index contributed by atoms with van der Waals surface area (Å²) in [4.78, 5) is 3.38. The molecule has 0 radical (unpaired) electrons. The third-order valence-electron chi connectivity index (χ3n) is 4.29. The predicted molar refractivity (Wildman–Crippen MR) is 88.2 cm³/mol. The lowest BCUT2D eigenvalue weighted by atomic mass is 9.85. The molecule has 110 valence electrons. The molecule has 3 heteroatoms. The van der Waals surface area contributed by atoms with Crippen LogP contribution in [0.1, 0.15) is 29.9 Å². The van der Waals surface area contributed by atoms with Crippen LogP contribution in [0.3, 0.4) is 0 Å². The third-order valence-corrected chi connectivity index (χ3v) is 5.37. The van der Waals surface area contributed by atoms with Crippen LogP contribution in [0, 0.1) is 12.7 Å². The molecule has 0 N–H and O–H groups in total. The Morgan fingerprint density at radius 2 is 2.14 bits per heavy atom. The zero-order valence-electron chi connectivity index (χ0n) is 12.5. The quantitative estimate of drug-likeness (QED) is 0.738. The summed E-state index contributed by atoms with van der Waals surface area (Å²) in [5.41, 5.74) is 4.71. The van der Waals surface area contributed by atoms with Crippen LogP contribution in [-0.4, -0.2) is 18.5 Å². The van der Waals surface area contributed by atoms with E-state index in [1.165, 1.54) is 16.8 Å². The molecule has 1 fully saturated rings. The molecular formula is C18H20FNS. The molecule has 2 aromatic rings. The Kier molecular flexibility index (Phi) is 3.85. The third kappa shape index (κ3) is 2.88. The van der Waals surface area contributed by atoms with Crippen molar-refractivity contribution in [2.45, 2.75) is 25.7 Å². The van der Waals surface area contributed by atoms with Gasteiger partial charge in [0.05, 0.1) is 0 Å². The van der Waals surface area contributed by atoms with E-state index in [1.807, 2.05) is 6.07 Å². The minimum absolute atomic E-state index is 0.161. The van der Waals surface area contributed by atoms with Gasteiger partial charge in [0.25, 0.3) is 0 Å². The fourth-order valence-electron chi connectivity index (χ4n) is 2.99. The summed E-state index contributed by atoms with van der Waals surface area (Å²) in [5.74, 6) is 0.276. The number of likely N-dealkylation sites (tertiary alicyclic amines) is 1. The number of rotatable bonds is 2. The highest BCUT2D eigenvalue weighted by molar-refractivity contribution is 7.13. The smallest absolute Gasteiger partial charge is 0.123 e. The molecule has 21 heavy (non-hydrogen) atoms. The number of halogens is 1. The highest BCUT2D eigenvalue weighted by atomic mass is 32.1. The highest BCUT2D eigenvalue weighted by Crippen LogP contribution is 2.39. The number of aryl methyl sites for hydroxylation is 1. The maximum Gasteiger partial charge on any atom is 0.123 e. The van der Waals surface area contributed by atoms with Gasteiger partial charge in [-0.2, -0.15) is 0 Å². The van der Waals surface area contributed by atoms with Gasteiger partial charge >= 0.3 is 0 Å². The van der Waals surface area contributed by atoms with Crippen LogP contribution < -0.4 is 0 Å². The van der Waals surface area contributed by atoms with Gasteiger partial charge in [-0.05, 0) is 66.0 Å². The summed E-state index contributed by atoms with van der Waals surface area (Å²) in [6.45, 7) is 7.25. The normalized spacial score (nSPS) is 19.1. The first-order chi connectivity index (χ1) is 10.0. The fraction of sp³-hybridized carbons (Fsp3) is 0.333. The number of hydrogen-bond donors (Lipinski definition) is 0. The van der Waals surface area contributed by atoms with Crippen molar-refractivity contribution in [3.8, 4) is 10.4 Å². The maximum atomic E-state index is 13.7. The second-order valence-electron chi connectivity index (χ2n) is 5.90. The minimum Gasteiger partial charge on any atom is -0.378 e. The second kappa shape index (κ2) is 5.64. The average Bonchev–Trinajstić information content (AvgIpc) is 2.88. The van der Waals surface area contributed by atoms with Crippen molar-refractivity contribution in [1.29, 1.82) is 0 Å². The topological polar surface area (TPSA) is 3.24 Å². The molecule has 1 aliphatic rings. The number of thiophene rings is 1. The van der Waals surface area contributed by atoms with Crippen molar-refractivity contribution in [3.05, 3.63) is 58.9 Å². The van der Waals surface area contributed by atoms with Gasteiger partial charge in [-0.1, -0.05) is 12.6 Å². The molecule has 1 atom stereocenters. The molecule has 1 saturated heterocycles. The van der Waals surface area contributed by atoms with Crippen molar-refractivity contribution in [2.24, 2.45) is 0 Å². The lowest BCUT2D eigenvalue weighted by Crippen LogP contribution is -2.27. The highest BCUT2D eigenvalue weighted by Gasteiger charge is 2.23. The monoisotopic (exact) mass is 301 g/mol. The molecule has 0 aliphatic carbocycles. The van der Waals surface area contributed by atoms with Gasteiger partial charge < -0.3 is 4.90 Å². The molecule has 2 heterocycles. The number of benzene rings is 1. The van der Waals surface area contributed by atoms with E-state index in [9.17, 15) is 4.39 Å². The van der Waals surface area contributed by atoms with Crippen LogP contribution in [0.4, 0.5) is 4.39 Å². The standard InChI is InChI=1S/C18H20FNS/c1-12-8-18(21-11-12)17-10-15(19)4-5-16(17)14-6-7-20(3)13(2)9-14/h4-5,8,10-11,14H,2,6-7,9H2,1,3H3. The van der Waals surface area contributed by atoms with E-state index >= 15 is 0 Å². The Bertz CT molecular complexity index is 674. The van der Waals surface area contributed by atoms with Gasteiger partial charge in [0.15, 0.2) is 0 Å². The van der Waals surface area contributed by atoms with E-state index < -0.39 is 0 Å². The van der Waals surface area contributed by atoms with E-state index in [4.69, 9.17) is 0 Å². The summed E-state index contributed by atoms with van der Waals surface area (Å²) in [7, 11) is 2.09. The molecule has 1 aromatic heterocycles. The van der Waals surface area contributed by atoms with E-state index in [1.54, 1.807) is 23.5 Å². The Balaban J connectivity index is 2.01. The van der Waals surface area contributed by atoms with Gasteiger partial charge in [-0.25, -0.2) is 4.39 Å². The van der Waals surface area contributed by atoms with Crippen molar-refractivity contribution in [2.75, 3.05) is 13.6 Å². The Morgan fingerprint density at radius 3 is 2.81 bits per heavy atom. The Labute approximate surface area is 129 Å². The minimum atomic E-state index is -0.161. The molecular weight excluding hydrogens is 281 g/mol. The van der Waals surface area contributed by atoms with E-state index in [2.05, 4.69) is 36.9 Å². The second-order valence-corrected chi connectivity index (χ2v) is 6.81. The van der Waals surface area contributed by atoms with Gasteiger partial charge in [-0.15, -0.1) is 11.3 Å². The predicted octanol–water partition coefficient (Wildman–Crippen LogP) is 5.19. The van der Waals surface area contributed by atoms with E-state index in [0.29, 0.717) is 5.92 Å². The first-order valence-electron chi connectivity index (χ1n) is 7.28. The maximum absolute atomic E-state index is 13.7. The molecule has 3 rings (SSSR count). The zero-order valence-corrected chi connectivity index (χ0v) is 13.3. The largest absolute Gasteiger partial charge is 0.378 e. The number of allylic oxidation sites excluding steroid dienone is 1. The zero-order chi connectivity index (χ0) is 15.0. The van der Waals surface area contributed by atoms with E-state index in [0.717, 1.165) is 29.8 Å². The molecule has 0 saturated carbocycles. The number of nitrogens with zero attached hydrogens (tertiary/aromatic N) is 1. The van der Waals surface area contributed by atoms with Gasteiger partial charge in [0.1, 0.15) is 5.82 Å². The lowest BCUT2D eigenvalue weighted by molar-refractivity contribution is 0.322. The van der Waals surface area contributed by atoms with Crippen molar-refractivity contribution >= 4 is 11.3 Å². The molecule has 0 amide bonds. The van der Waals surface area contributed by atoms with Gasteiger partial charge in [0.2, 0.25) is 0 Å². The van der Waals surface area contributed by atoms with E-state index in [-0.39, 0.29) is 5.82 Å². The van der Waals surface area contributed by atoms with Crippen LogP contribution in [0.15, 0.2) is 41.9 Å². The molecule has 1 aliphatic heterocycles. The molecule has 1 unspecified atom stereocenters. The molecule has 1 aromatic carbocycles. The first kappa shape index (κ1) is 14.3. The van der Waals surface area contributed by atoms with Gasteiger partial charge in [0, 0.05) is 24.2 Å². The van der Waals surface area contributed by atoms with Crippen LogP contribution in [0.2, 0.25) is 0 Å². The summed E-state index contributed by atoms with van der Waals surface area (Å²) >= 11 is 1.69. The Morgan fingerprint density at radius 1 is 1.33 bits per heavy atom. The SMILES string of the molecule is C=C1CC(c2ccc(F)cc2-c2cc(C)cs2)CCN1C. The average molecular weight is 301 g/mol. The van der Waals surface area contributed by atoms with Gasteiger partial charge in [-0.3, -0.25) is 0 Å². The van der Waals surface area contributed by atoms with Crippen molar-refractivity contribution in [3.63, 3.8) is 0 Å². The van der Waals surface area contributed by atoms with Crippen LogP contribution in [0.25, 0.3) is 10.4 Å². The van der Waals surface area contributed by atoms with Crippen LogP contribution in [0.5, 0.6) is 0 Å². The number of hydrogen-bond acceptors (Lipinski definition) is 2. The number of piperidine rings is 1. The summed E-state index contributed by atoms with van der Waals surface area (Å²) in [6.07, 6.45) is 2.05. The summed E-state index contributed by atoms with van der Waals surface area (Å²) in [6, 6.07) is 7.37. The van der Waals surface area contributed by atoms with Crippen LogP contribution in [-0.2, 0) is 0 Å². The summed E-state index contributed by atoms with van der Waals surface area (Å²) in [5, 5.41) is 2.12. The fourth-order valence-corrected chi connectivity index (χ4v) is 3.92. The first-order valence-corrected chi connectivity index (χ1v) is 8.16. The molecule has 0 bridgehead atoms. The summed E-state index contributed by atoms with van der Waals surface area (Å²) < 4.78 is 13.7.